The number of hydrogen-bond acceptors (Lipinski definition) is 5. The lowest BCUT2D eigenvalue weighted by molar-refractivity contribution is 0.535. The Bertz CT molecular complexity index is 1140. The van der Waals surface area contributed by atoms with E-state index in [2.05, 4.69) is 26.2 Å². The summed E-state index contributed by atoms with van der Waals surface area (Å²) in [5.74, 6) is 1.13. The molecule has 0 saturated carbocycles. The average Bonchev–Trinajstić information content (AvgIpc) is 3.16. The van der Waals surface area contributed by atoms with Crippen molar-refractivity contribution in [3.05, 3.63) is 51.3 Å². The maximum atomic E-state index is 11.9. The molecule has 0 radical (unpaired) electrons. The molecule has 1 aromatic heterocycles. The van der Waals surface area contributed by atoms with E-state index in [1.165, 1.54) is 0 Å². The smallest absolute Gasteiger partial charge is 0.182 e. The molecule has 3 heterocycles. The van der Waals surface area contributed by atoms with Crippen LogP contribution in [-0.4, -0.2) is 41.1 Å². The average molecular weight is 471 g/mol. The highest BCUT2D eigenvalue weighted by atomic mass is 35.5. The molecule has 1 unspecified atom stereocenters. The molecule has 2 aromatic rings. The van der Waals surface area contributed by atoms with Crippen molar-refractivity contribution in [1.29, 1.82) is 0 Å². The van der Waals surface area contributed by atoms with Crippen LogP contribution < -0.4 is 5.43 Å². The van der Waals surface area contributed by atoms with Crippen LogP contribution in [0.1, 0.15) is 29.4 Å². The summed E-state index contributed by atoms with van der Waals surface area (Å²) in [6.07, 6.45) is 0.663. The van der Waals surface area contributed by atoms with Gasteiger partial charge in [-0.15, -0.1) is 0 Å². The van der Waals surface area contributed by atoms with E-state index in [4.69, 9.17) is 23.2 Å². The lowest BCUT2D eigenvalue weighted by Crippen LogP contribution is -2.25. The third-order valence-corrected chi connectivity index (χ3v) is 8.29. The number of aromatic nitrogens is 1. The quantitative estimate of drug-likeness (QED) is 0.716. The minimum atomic E-state index is -2.94. The van der Waals surface area contributed by atoms with Crippen molar-refractivity contribution < 1.29 is 8.42 Å². The molecule has 2 aliphatic rings. The fraction of sp³-hybridized carbons (Fsp3) is 0.368. The molecule has 1 saturated heterocycles. The highest BCUT2D eigenvalue weighted by Gasteiger charge is 2.31. The normalized spacial score (nSPS) is 22.6. The van der Waals surface area contributed by atoms with Gasteiger partial charge < -0.3 is 4.57 Å². The number of hydrogen-bond donors (Lipinski definition) is 1. The minimum absolute atomic E-state index is 0.00252. The Kier molecular flexibility index (Phi) is 5.72. The van der Waals surface area contributed by atoms with Crippen LogP contribution in [0.15, 0.2) is 34.4 Å². The largest absolute Gasteiger partial charge is 0.344 e. The summed E-state index contributed by atoms with van der Waals surface area (Å²) in [6.45, 7) is 4.04. The van der Waals surface area contributed by atoms with Gasteiger partial charge in [-0.05, 0) is 44.5 Å². The summed E-state index contributed by atoms with van der Waals surface area (Å²) in [5.41, 5.74) is 7.68. The Hall–Kier alpha value is -1.48. The van der Waals surface area contributed by atoms with Crippen molar-refractivity contribution in [3.63, 3.8) is 0 Å². The van der Waals surface area contributed by atoms with Gasteiger partial charge in [0.25, 0.3) is 0 Å². The first-order valence-electron chi connectivity index (χ1n) is 9.12. The lowest BCUT2D eigenvalue weighted by atomic mass is 10.1. The summed E-state index contributed by atoms with van der Waals surface area (Å²) in [7, 11) is -2.94. The molecule has 1 N–H and O–H groups in total. The first-order chi connectivity index (χ1) is 13.7. The van der Waals surface area contributed by atoms with Gasteiger partial charge in [0.2, 0.25) is 0 Å². The Balaban J connectivity index is 1.56. The monoisotopic (exact) mass is 470 g/mol. The Morgan fingerprint density at radius 3 is 2.69 bits per heavy atom. The Morgan fingerprint density at radius 2 is 2.07 bits per heavy atom. The van der Waals surface area contributed by atoms with E-state index in [1.807, 2.05) is 13.8 Å². The molecule has 2 aliphatic heterocycles. The Morgan fingerprint density at radius 1 is 1.28 bits per heavy atom. The first-order valence-corrected chi connectivity index (χ1v) is 12.7. The van der Waals surface area contributed by atoms with Gasteiger partial charge in [-0.3, -0.25) is 5.43 Å². The third-order valence-electron chi connectivity index (χ3n) is 5.13. The van der Waals surface area contributed by atoms with Crippen molar-refractivity contribution >= 4 is 61.4 Å². The lowest BCUT2D eigenvalue weighted by Gasteiger charge is -2.18. The number of rotatable bonds is 3. The van der Waals surface area contributed by atoms with Crippen molar-refractivity contribution in [3.8, 4) is 0 Å². The second-order valence-corrected chi connectivity index (χ2v) is 11.2. The molecule has 0 spiro atoms. The van der Waals surface area contributed by atoms with Crippen LogP contribution in [-0.2, 0) is 9.84 Å². The molecule has 0 amide bonds. The number of benzene rings is 1. The number of thioether (sulfide) groups is 1. The van der Waals surface area contributed by atoms with Crippen LogP contribution in [0.25, 0.3) is 0 Å². The highest BCUT2D eigenvalue weighted by Crippen LogP contribution is 2.31. The maximum absolute atomic E-state index is 11.9. The molecule has 1 fully saturated rings. The van der Waals surface area contributed by atoms with Gasteiger partial charge in [0.1, 0.15) is 0 Å². The van der Waals surface area contributed by atoms with Crippen molar-refractivity contribution in [2.24, 2.45) is 10.1 Å². The van der Waals surface area contributed by atoms with Crippen molar-refractivity contribution in [2.75, 3.05) is 17.3 Å². The topological polar surface area (TPSA) is 75.8 Å². The Labute approximate surface area is 184 Å². The zero-order chi connectivity index (χ0) is 20.8. The summed E-state index contributed by atoms with van der Waals surface area (Å²) in [6, 6.07) is 7.25. The molecule has 0 bridgehead atoms. The van der Waals surface area contributed by atoms with E-state index in [1.54, 1.807) is 30.0 Å². The van der Waals surface area contributed by atoms with E-state index in [9.17, 15) is 8.42 Å². The number of halogens is 2. The minimum Gasteiger partial charge on any atom is -0.344 e. The molecule has 0 aliphatic carbocycles. The molecule has 6 nitrogen and oxygen atoms in total. The molecule has 10 heteroatoms. The van der Waals surface area contributed by atoms with E-state index >= 15 is 0 Å². The van der Waals surface area contributed by atoms with E-state index in [0.717, 1.165) is 22.7 Å². The van der Waals surface area contributed by atoms with E-state index in [0.29, 0.717) is 33.1 Å². The third kappa shape index (κ3) is 4.35. The summed E-state index contributed by atoms with van der Waals surface area (Å²) < 4.78 is 25.9. The first kappa shape index (κ1) is 20.8. The van der Waals surface area contributed by atoms with Gasteiger partial charge in [0.15, 0.2) is 15.0 Å². The molecule has 4 rings (SSSR count). The van der Waals surface area contributed by atoms with Gasteiger partial charge in [0.05, 0.1) is 27.9 Å². The summed E-state index contributed by atoms with van der Waals surface area (Å²) in [5, 5.41) is 6.22. The predicted octanol–water partition coefficient (Wildman–Crippen LogP) is 4.50. The van der Waals surface area contributed by atoms with Crippen molar-refractivity contribution in [1.82, 2.24) is 9.99 Å². The molecule has 29 heavy (non-hydrogen) atoms. The molecule has 154 valence electrons. The maximum Gasteiger partial charge on any atom is 0.182 e. The number of nitrogens with zero attached hydrogens (tertiary/aromatic N) is 3. The van der Waals surface area contributed by atoms with Crippen LogP contribution in [0.3, 0.4) is 0 Å². The standard InChI is InChI=1S/C19H20Cl2N4O2S2/c1-11-7-15(12(2)25(11)14-5-6-29(26,27)10-14)18-9-28-19(24-23-18)22-17-4-3-13(20)8-16(17)21/h3-4,7-8,14H,5-6,9-10H2,1-2H3,(H,22,24). The van der Waals surface area contributed by atoms with Gasteiger partial charge >= 0.3 is 0 Å². The number of aliphatic imine (C=N–C) groups is 1. The number of hydrazone groups is 1. The summed E-state index contributed by atoms with van der Waals surface area (Å²) >= 11 is 13.7. The second kappa shape index (κ2) is 7.98. The fourth-order valence-electron chi connectivity index (χ4n) is 3.80. The van der Waals surface area contributed by atoms with Gasteiger partial charge in [-0.25, -0.2) is 13.4 Å². The summed E-state index contributed by atoms with van der Waals surface area (Å²) in [4.78, 5) is 4.51. The number of sulfone groups is 1. The van der Waals surface area contributed by atoms with Crippen LogP contribution >= 0.6 is 35.0 Å². The van der Waals surface area contributed by atoms with Gasteiger partial charge in [-0.2, -0.15) is 5.10 Å². The van der Waals surface area contributed by atoms with Gasteiger partial charge in [0, 0.05) is 33.8 Å². The second-order valence-electron chi connectivity index (χ2n) is 7.18. The highest BCUT2D eigenvalue weighted by molar-refractivity contribution is 8.14. The fourth-order valence-corrected chi connectivity index (χ4v) is 6.72. The molecular weight excluding hydrogens is 451 g/mol. The van der Waals surface area contributed by atoms with Crippen LogP contribution in [0.5, 0.6) is 0 Å². The molecule has 1 atom stereocenters. The number of nitrogens with one attached hydrogen (secondary N) is 1. The van der Waals surface area contributed by atoms with E-state index < -0.39 is 9.84 Å². The number of aryl methyl sites for hydroxylation is 1. The zero-order valence-electron chi connectivity index (χ0n) is 15.9. The predicted molar refractivity (Wildman–Crippen MR) is 122 cm³/mol. The van der Waals surface area contributed by atoms with Crippen molar-refractivity contribution in [2.45, 2.75) is 26.3 Å². The van der Waals surface area contributed by atoms with Gasteiger partial charge in [-0.1, -0.05) is 35.0 Å². The molecule has 1 aromatic carbocycles. The van der Waals surface area contributed by atoms with Crippen LogP contribution in [0.2, 0.25) is 10.0 Å². The molecular formula is C19H20Cl2N4O2S2. The SMILES string of the molecule is Cc1cc(C2=NNC(=Nc3ccc(Cl)cc3Cl)SC2)c(C)n1C1CCS(=O)(=O)C1. The van der Waals surface area contributed by atoms with E-state index in [-0.39, 0.29) is 17.5 Å². The zero-order valence-corrected chi connectivity index (χ0v) is 19.1. The van der Waals surface area contributed by atoms with Crippen LogP contribution in [0.4, 0.5) is 5.69 Å². The number of amidine groups is 1. The van der Waals surface area contributed by atoms with Crippen LogP contribution in [0, 0.1) is 13.8 Å².